The number of carboxylic acids is 1. The number of carbonyl (C=O) groups excluding carboxylic acids is 2. The molecule has 0 aliphatic rings. The highest BCUT2D eigenvalue weighted by Crippen LogP contribution is 2.18. The van der Waals surface area contributed by atoms with Crippen molar-refractivity contribution < 1.29 is 24.2 Å². The maximum absolute atomic E-state index is 11.1. The van der Waals surface area contributed by atoms with E-state index in [1.165, 1.54) is 19.2 Å². The van der Waals surface area contributed by atoms with Crippen LogP contribution in [0, 0.1) is 0 Å². The highest BCUT2D eigenvalue weighted by atomic mass is 16.5. The van der Waals surface area contributed by atoms with Crippen LogP contribution in [0.15, 0.2) is 60.8 Å². The molecule has 25 heavy (non-hydrogen) atoms. The van der Waals surface area contributed by atoms with Crippen LogP contribution in [0.3, 0.4) is 0 Å². The zero-order valence-corrected chi connectivity index (χ0v) is 13.6. The molecule has 0 bridgehead atoms. The maximum Gasteiger partial charge on any atom is 0.377 e. The molecular weight excluding hydrogens is 322 g/mol. The third kappa shape index (κ3) is 4.78. The number of nitrogens with one attached hydrogen (secondary N) is 1. The van der Waals surface area contributed by atoms with Gasteiger partial charge < -0.3 is 14.8 Å². The third-order valence-corrected chi connectivity index (χ3v) is 3.47. The second-order valence-electron chi connectivity index (χ2n) is 5.11. The van der Waals surface area contributed by atoms with Gasteiger partial charge in [-0.05, 0) is 11.6 Å². The molecule has 0 aliphatic heterocycles. The molecule has 0 fully saturated rings. The van der Waals surface area contributed by atoms with Crippen molar-refractivity contribution >= 4 is 28.6 Å². The van der Waals surface area contributed by atoms with Gasteiger partial charge in [-0.15, -0.1) is 0 Å². The number of H-pyrrole nitrogens is 1. The van der Waals surface area contributed by atoms with E-state index in [1.54, 1.807) is 18.2 Å². The molecule has 2 aromatic carbocycles. The van der Waals surface area contributed by atoms with Crippen molar-refractivity contribution in [3.05, 3.63) is 71.9 Å². The number of aromatic nitrogens is 1. The SMILES string of the molecule is COC(=O)Cc1c[nH]c2ccccc12.O=C(O)C(=O)c1ccccc1. The van der Waals surface area contributed by atoms with E-state index < -0.39 is 11.8 Å². The molecular formula is C19H17NO5. The van der Waals surface area contributed by atoms with Gasteiger partial charge in [0.05, 0.1) is 13.5 Å². The van der Waals surface area contributed by atoms with Crippen LogP contribution in [-0.2, 0) is 20.7 Å². The Balaban J connectivity index is 0.000000186. The molecule has 128 valence electrons. The number of carboxylic acid groups (broad SMARTS) is 1. The lowest BCUT2D eigenvalue weighted by Crippen LogP contribution is -2.12. The van der Waals surface area contributed by atoms with E-state index in [1.807, 2.05) is 30.5 Å². The van der Waals surface area contributed by atoms with E-state index in [0.29, 0.717) is 6.42 Å². The Hall–Kier alpha value is -3.41. The average Bonchev–Trinajstić information content (AvgIpc) is 3.05. The van der Waals surface area contributed by atoms with Gasteiger partial charge in [-0.3, -0.25) is 9.59 Å². The van der Waals surface area contributed by atoms with Gasteiger partial charge in [0.15, 0.2) is 0 Å². The number of aromatic amines is 1. The fourth-order valence-corrected chi connectivity index (χ4v) is 2.22. The Labute approximate surface area is 144 Å². The minimum absolute atomic E-state index is 0.208. The molecule has 0 saturated heterocycles. The topological polar surface area (TPSA) is 96.5 Å². The lowest BCUT2D eigenvalue weighted by atomic mass is 10.1. The Morgan fingerprint density at radius 1 is 1.00 bits per heavy atom. The Morgan fingerprint density at radius 2 is 1.64 bits per heavy atom. The van der Waals surface area contributed by atoms with Crippen molar-refractivity contribution in [3.63, 3.8) is 0 Å². The molecule has 1 aromatic heterocycles. The quantitative estimate of drug-likeness (QED) is 0.433. The lowest BCUT2D eigenvalue weighted by molar-refractivity contribution is -0.139. The summed E-state index contributed by atoms with van der Waals surface area (Å²) in [6.07, 6.45) is 2.17. The summed E-state index contributed by atoms with van der Waals surface area (Å²) in [7, 11) is 1.40. The van der Waals surface area contributed by atoms with Crippen LogP contribution >= 0.6 is 0 Å². The molecule has 6 nitrogen and oxygen atoms in total. The summed E-state index contributed by atoms with van der Waals surface area (Å²) in [5.74, 6) is -2.50. The summed E-state index contributed by atoms with van der Waals surface area (Å²) >= 11 is 0. The number of para-hydroxylation sites is 1. The fraction of sp³-hybridized carbons (Fsp3) is 0.105. The number of hydrogen-bond donors (Lipinski definition) is 2. The summed E-state index contributed by atoms with van der Waals surface area (Å²) < 4.78 is 4.62. The normalized spacial score (nSPS) is 9.80. The molecule has 6 heteroatoms. The fourth-order valence-electron chi connectivity index (χ4n) is 2.22. The van der Waals surface area contributed by atoms with Crippen LogP contribution in [0.25, 0.3) is 10.9 Å². The van der Waals surface area contributed by atoms with E-state index in [9.17, 15) is 14.4 Å². The highest BCUT2D eigenvalue weighted by molar-refractivity contribution is 6.39. The number of esters is 1. The van der Waals surface area contributed by atoms with Crippen molar-refractivity contribution in [2.75, 3.05) is 7.11 Å². The van der Waals surface area contributed by atoms with Crippen LogP contribution in [-0.4, -0.2) is 34.9 Å². The van der Waals surface area contributed by atoms with Gasteiger partial charge in [-0.2, -0.15) is 0 Å². The molecule has 3 rings (SSSR count). The molecule has 3 aromatic rings. The van der Waals surface area contributed by atoms with Crippen LogP contribution in [0.4, 0.5) is 0 Å². The number of fused-ring (bicyclic) bond motifs is 1. The number of Topliss-reactive ketones (excluding diaryl/α,β-unsaturated/α-hetero) is 1. The standard InChI is InChI=1S/C11H11NO2.C8H6O3/c1-14-11(13)6-8-7-12-10-5-3-2-4-9(8)10;9-7(8(10)11)6-4-2-1-3-5-6/h2-5,7,12H,6H2,1H3;1-5H,(H,10,11). The predicted octanol–water partition coefficient (Wildman–Crippen LogP) is 2.84. The van der Waals surface area contributed by atoms with Crippen LogP contribution in [0.1, 0.15) is 15.9 Å². The van der Waals surface area contributed by atoms with E-state index >= 15 is 0 Å². The summed E-state index contributed by atoms with van der Waals surface area (Å²) in [5, 5.41) is 9.37. The van der Waals surface area contributed by atoms with Gasteiger partial charge in [0, 0.05) is 22.7 Å². The molecule has 0 unspecified atom stereocenters. The van der Waals surface area contributed by atoms with Gasteiger partial charge >= 0.3 is 11.9 Å². The number of benzene rings is 2. The number of methoxy groups -OCH3 is 1. The number of ether oxygens (including phenoxy) is 1. The summed E-state index contributed by atoms with van der Waals surface area (Å²) in [5.41, 5.74) is 2.24. The van der Waals surface area contributed by atoms with Crippen LogP contribution < -0.4 is 0 Å². The van der Waals surface area contributed by atoms with Crippen molar-refractivity contribution in [1.82, 2.24) is 4.98 Å². The Kier molecular flexibility index (Phi) is 6.06. The maximum atomic E-state index is 11.1. The van der Waals surface area contributed by atoms with Gasteiger partial charge in [0.25, 0.3) is 5.78 Å². The molecule has 0 amide bonds. The lowest BCUT2D eigenvalue weighted by Gasteiger charge is -1.97. The second kappa shape index (κ2) is 8.44. The van der Waals surface area contributed by atoms with E-state index in [4.69, 9.17) is 5.11 Å². The van der Waals surface area contributed by atoms with Gasteiger partial charge in [-0.1, -0.05) is 48.5 Å². The molecule has 2 N–H and O–H groups in total. The average molecular weight is 339 g/mol. The van der Waals surface area contributed by atoms with E-state index in [2.05, 4.69) is 9.72 Å². The predicted molar refractivity (Wildman–Crippen MR) is 92.4 cm³/mol. The van der Waals surface area contributed by atoms with E-state index in [0.717, 1.165) is 16.5 Å². The molecule has 0 spiro atoms. The largest absolute Gasteiger partial charge is 0.475 e. The molecule has 0 aliphatic carbocycles. The van der Waals surface area contributed by atoms with Gasteiger partial charge in [-0.25, -0.2) is 4.79 Å². The van der Waals surface area contributed by atoms with Gasteiger partial charge in [0.2, 0.25) is 0 Å². The third-order valence-electron chi connectivity index (χ3n) is 3.47. The summed E-state index contributed by atoms with van der Waals surface area (Å²) in [6.45, 7) is 0. The molecule has 0 radical (unpaired) electrons. The number of hydrogen-bond acceptors (Lipinski definition) is 4. The monoisotopic (exact) mass is 339 g/mol. The first-order chi connectivity index (χ1) is 12.0. The molecule has 0 atom stereocenters. The summed E-state index contributed by atoms with van der Waals surface area (Å²) in [6, 6.07) is 15.8. The van der Waals surface area contributed by atoms with Crippen molar-refractivity contribution in [3.8, 4) is 0 Å². The minimum Gasteiger partial charge on any atom is -0.475 e. The number of aliphatic carboxylic acids is 1. The minimum atomic E-state index is -1.42. The Bertz CT molecular complexity index is 883. The van der Waals surface area contributed by atoms with E-state index in [-0.39, 0.29) is 11.5 Å². The Morgan fingerprint density at radius 3 is 2.28 bits per heavy atom. The van der Waals surface area contributed by atoms with Crippen molar-refractivity contribution in [1.29, 1.82) is 0 Å². The first-order valence-electron chi connectivity index (χ1n) is 7.47. The summed E-state index contributed by atoms with van der Waals surface area (Å²) in [4.78, 5) is 35.1. The van der Waals surface area contributed by atoms with Gasteiger partial charge in [0.1, 0.15) is 0 Å². The molecule has 0 saturated carbocycles. The number of ketones is 1. The van der Waals surface area contributed by atoms with Crippen molar-refractivity contribution in [2.45, 2.75) is 6.42 Å². The van der Waals surface area contributed by atoms with Crippen molar-refractivity contribution in [2.24, 2.45) is 0 Å². The number of rotatable bonds is 4. The smallest absolute Gasteiger partial charge is 0.377 e. The van der Waals surface area contributed by atoms with Crippen LogP contribution in [0.2, 0.25) is 0 Å². The first kappa shape index (κ1) is 17.9. The zero-order chi connectivity index (χ0) is 18.2. The second-order valence-corrected chi connectivity index (χ2v) is 5.11. The first-order valence-corrected chi connectivity index (χ1v) is 7.47. The zero-order valence-electron chi connectivity index (χ0n) is 13.6. The molecule has 1 heterocycles. The highest BCUT2D eigenvalue weighted by Gasteiger charge is 2.12. The number of carbonyl (C=O) groups is 3. The van der Waals surface area contributed by atoms with Crippen LogP contribution in [0.5, 0.6) is 0 Å².